The van der Waals surface area contributed by atoms with Crippen molar-refractivity contribution in [2.24, 2.45) is 12.9 Å². The molecule has 1 aromatic heterocycles. The lowest BCUT2D eigenvalue weighted by Crippen LogP contribution is -2.34. The number of nitrogens with one attached hydrogen (secondary N) is 1. The van der Waals surface area contributed by atoms with Crippen molar-refractivity contribution in [2.75, 3.05) is 13.2 Å². The van der Waals surface area contributed by atoms with Crippen LogP contribution < -0.4 is 11.3 Å². The Kier molecular flexibility index (Phi) is 4.86. The number of nitrogens with zero attached hydrogens (tertiary/aromatic N) is 3. The zero-order valence-corrected chi connectivity index (χ0v) is 10.4. The second-order valence-electron chi connectivity index (χ2n) is 3.24. The van der Waals surface area contributed by atoms with Crippen molar-refractivity contribution in [3.05, 3.63) is 10.3 Å². The molecule has 10 heteroatoms. The zero-order valence-electron chi connectivity index (χ0n) is 8.83. The number of ether oxygens (including phenoxy) is 1. The third-order valence-corrected chi connectivity index (χ3v) is 2.47. The number of aromatic nitrogens is 3. The molecule has 17 heavy (non-hydrogen) atoms. The van der Waals surface area contributed by atoms with Crippen LogP contribution in [0.3, 0.4) is 0 Å². The third kappa shape index (κ3) is 4.22. The first kappa shape index (κ1) is 14.4. The Morgan fingerprint density at radius 3 is 2.65 bits per heavy atom. The maximum absolute atomic E-state index is 11.9. The highest BCUT2D eigenvalue weighted by Crippen LogP contribution is 2.21. The van der Waals surface area contributed by atoms with E-state index in [1.54, 1.807) is 7.05 Å². The number of hydrogen-bond donors (Lipinski definition) is 2. The molecule has 1 aromatic rings. The van der Waals surface area contributed by atoms with Gasteiger partial charge >= 0.3 is 6.18 Å². The summed E-state index contributed by atoms with van der Waals surface area (Å²) in [5, 5.41) is 7.39. The van der Waals surface area contributed by atoms with E-state index in [1.807, 2.05) is 0 Å². The smallest absolute Gasteiger partial charge is 0.370 e. The Hall–Kier alpha value is -0.710. The van der Waals surface area contributed by atoms with Gasteiger partial charge in [-0.3, -0.25) is 5.84 Å². The van der Waals surface area contributed by atoms with Crippen molar-refractivity contribution < 1.29 is 17.9 Å². The minimum atomic E-state index is -4.36. The second kappa shape index (κ2) is 5.76. The topological polar surface area (TPSA) is 78.0 Å². The van der Waals surface area contributed by atoms with Crippen LogP contribution in [-0.2, 0) is 11.8 Å². The molecule has 1 unspecified atom stereocenters. The van der Waals surface area contributed by atoms with Crippen LogP contribution >= 0.6 is 15.9 Å². The molecule has 0 aliphatic heterocycles. The molecule has 0 bridgehead atoms. The Balaban J connectivity index is 2.61. The number of nitrogens with two attached hydrogens (primary N) is 1. The van der Waals surface area contributed by atoms with Gasteiger partial charge in [-0.1, -0.05) is 5.21 Å². The van der Waals surface area contributed by atoms with E-state index in [4.69, 9.17) is 5.84 Å². The van der Waals surface area contributed by atoms with Gasteiger partial charge < -0.3 is 4.74 Å². The summed E-state index contributed by atoms with van der Waals surface area (Å²) in [5.41, 5.74) is 2.86. The molecule has 0 aliphatic carbocycles. The van der Waals surface area contributed by atoms with Crippen molar-refractivity contribution in [1.29, 1.82) is 0 Å². The molecule has 0 fully saturated rings. The summed E-state index contributed by atoms with van der Waals surface area (Å²) in [6.07, 6.45) is -4.36. The van der Waals surface area contributed by atoms with Crippen LogP contribution in [0.4, 0.5) is 13.2 Å². The van der Waals surface area contributed by atoms with E-state index >= 15 is 0 Å². The van der Waals surface area contributed by atoms with Gasteiger partial charge in [0.15, 0.2) is 4.60 Å². The maximum atomic E-state index is 11.9. The fourth-order valence-corrected chi connectivity index (χ4v) is 1.81. The van der Waals surface area contributed by atoms with E-state index in [9.17, 15) is 13.2 Å². The number of hydrazine groups is 1. The minimum Gasteiger partial charge on any atom is -0.370 e. The first-order chi connectivity index (χ1) is 7.85. The standard InChI is InChI=1S/C7H11BrF3N5O/c1-16-5(6(8)14-15-16)4(13-12)2-17-3-7(9,10)11/h4,13H,2-3,12H2,1H3. The summed E-state index contributed by atoms with van der Waals surface area (Å²) >= 11 is 3.12. The van der Waals surface area contributed by atoms with Gasteiger partial charge in [0, 0.05) is 7.05 Å². The molecule has 1 heterocycles. The van der Waals surface area contributed by atoms with Crippen LogP contribution in [0.1, 0.15) is 11.7 Å². The fraction of sp³-hybridized carbons (Fsp3) is 0.714. The quantitative estimate of drug-likeness (QED) is 0.616. The summed E-state index contributed by atoms with van der Waals surface area (Å²) in [6.45, 7) is -1.57. The first-order valence-electron chi connectivity index (χ1n) is 4.51. The second-order valence-corrected chi connectivity index (χ2v) is 3.99. The highest BCUT2D eigenvalue weighted by atomic mass is 79.9. The Morgan fingerprint density at radius 1 is 1.59 bits per heavy atom. The molecule has 1 atom stereocenters. The lowest BCUT2D eigenvalue weighted by molar-refractivity contribution is -0.175. The summed E-state index contributed by atoms with van der Waals surface area (Å²) < 4.78 is 42.0. The normalized spacial score (nSPS) is 14.0. The average molecular weight is 318 g/mol. The Labute approximate surface area is 103 Å². The Bertz CT molecular complexity index is 349. The van der Waals surface area contributed by atoms with Crippen LogP contribution in [0.15, 0.2) is 4.60 Å². The molecule has 0 spiro atoms. The van der Waals surface area contributed by atoms with E-state index < -0.39 is 18.8 Å². The van der Waals surface area contributed by atoms with E-state index in [2.05, 4.69) is 36.4 Å². The molecule has 3 N–H and O–H groups in total. The molecule has 0 amide bonds. The highest BCUT2D eigenvalue weighted by Gasteiger charge is 2.28. The predicted octanol–water partition coefficient (Wildman–Crippen LogP) is 0.661. The largest absolute Gasteiger partial charge is 0.411 e. The van der Waals surface area contributed by atoms with Crippen molar-refractivity contribution in [2.45, 2.75) is 12.2 Å². The summed E-state index contributed by atoms with van der Waals surface area (Å²) in [4.78, 5) is 0. The number of hydrogen-bond acceptors (Lipinski definition) is 5. The summed E-state index contributed by atoms with van der Waals surface area (Å²) in [5.74, 6) is 5.25. The molecule has 0 radical (unpaired) electrons. The van der Waals surface area contributed by atoms with Crippen molar-refractivity contribution in [3.8, 4) is 0 Å². The molecule has 0 aliphatic rings. The van der Waals surface area contributed by atoms with Gasteiger partial charge in [0.1, 0.15) is 6.61 Å². The number of rotatable bonds is 5. The monoisotopic (exact) mass is 317 g/mol. The SMILES string of the molecule is Cn1nnc(Br)c1C(COCC(F)(F)F)NN. The minimum absolute atomic E-state index is 0.240. The average Bonchev–Trinajstić information content (AvgIpc) is 2.53. The first-order valence-corrected chi connectivity index (χ1v) is 5.30. The number of alkyl halides is 3. The molecular weight excluding hydrogens is 307 g/mol. The van der Waals surface area contributed by atoms with Crippen LogP contribution in [0.2, 0.25) is 0 Å². The van der Waals surface area contributed by atoms with Crippen molar-refractivity contribution in [1.82, 2.24) is 20.4 Å². The fourth-order valence-electron chi connectivity index (χ4n) is 1.21. The van der Waals surface area contributed by atoms with Gasteiger partial charge in [0.25, 0.3) is 0 Å². The van der Waals surface area contributed by atoms with Gasteiger partial charge in [-0.15, -0.1) is 5.10 Å². The number of aryl methyl sites for hydroxylation is 1. The highest BCUT2D eigenvalue weighted by molar-refractivity contribution is 9.10. The van der Waals surface area contributed by atoms with Crippen LogP contribution in [-0.4, -0.2) is 34.4 Å². The van der Waals surface area contributed by atoms with Gasteiger partial charge in [-0.25, -0.2) is 10.1 Å². The molecule has 1 rings (SSSR count). The van der Waals surface area contributed by atoms with Crippen LogP contribution in [0, 0.1) is 0 Å². The van der Waals surface area contributed by atoms with Crippen LogP contribution in [0.5, 0.6) is 0 Å². The zero-order chi connectivity index (χ0) is 13.1. The van der Waals surface area contributed by atoms with E-state index in [0.717, 1.165) is 0 Å². The van der Waals surface area contributed by atoms with Gasteiger partial charge in [-0.05, 0) is 15.9 Å². The van der Waals surface area contributed by atoms with Crippen molar-refractivity contribution in [3.63, 3.8) is 0 Å². The molecule has 0 aromatic carbocycles. The molecule has 98 valence electrons. The Morgan fingerprint density at radius 2 is 2.24 bits per heavy atom. The van der Waals surface area contributed by atoms with E-state index in [1.165, 1.54) is 4.68 Å². The maximum Gasteiger partial charge on any atom is 0.411 e. The predicted molar refractivity (Wildman–Crippen MR) is 55.6 cm³/mol. The molecule has 0 saturated heterocycles. The van der Waals surface area contributed by atoms with Crippen LogP contribution in [0.25, 0.3) is 0 Å². The van der Waals surface area contributed by atoms with E-state index in [-0.39, 0.29) is 6.61 Å². The molecule has 6 nitrogen and oxygen atoms in total. The van der Waals surface area contributed by atoms with Gasteiger partial charge in [-0.2, -0.15) is 13.2 Å². The summed E-state index contributed by atoms with van der Waals surface area (Å²) in [6, 6.07) is -0.633. The molecular formula is C7H11BrF3N5O. The van der Waals surface area contributed by atoms with Gasteiger partial charge in [0.05, 0.1) is 18.3 Å². The number of halogens is 4. The third-order valence-electron chi connectivity index (χ3n) is 1.91. The summed E-state index contributed by atoms with van der Waals surface area (Å²) in [7, 11) is 1.60. The van der Waals surface area contributed by atoms with Crippen molar-refractivity contribution >= 4 is 15.9 Å². The van der Waals surface area contributed by atoms with Gasteiger partial charge in [0.2, 0.25) is 0 Å². The lowest BCUT2D eigenvalue weighted by atomic mass is 10.2. The molecule has 0 saturated carbocycles. The lowest BCUT2D eigenvalue weighted by Gasteiger charge is -2.16. The van der Waals surface area contributed by atoms with E-state index in [0.29, 0.717) is 10.3 Å².